The Bertz CT molecular complexity index is 788. The SMILES string of the molecule is C[C@@H](Oc1cc(OC(=O)NC(C)(C)C)c(C=O)cc1Cl)c1ccccn1. The van der Waals surface area contributed by atoms with Crippen LogP contribution >= 0.6 is 11.6 Å². The molecule has 1 aromatic heterocycles. The fraction of sp³-hybridized carbons (Fsp3) is 0.316. The summed E-state index contributed by atoms with van der Waals surface area (Å²) < 4.78 is 11.1. The van der Waals surface area contributed by atoms with Crippen LogP contribution in [0.15, 0.2) is 36.5 Å². The van der Waals surface area contributed by atoms with Crippen LogP contribution in [0.1, 0.15) is 49.9 Å². The van der Waals surface area contributed by atoms with Crippen LogP contribution < -0.4 is 14.8 Å². The van der Waals surface area contributed by atoms with Gasteiger partial charge in [-0.2, -0.15) is 0 Å². The lowest BCUT2D eigenvalue weighted by Gasteiger charge is -2.21. The molecular formula is C19H21ClN2O4. The number of nitrogens with one attached hydrogen (secondary N) is 1. The highest BCUT2D eigenvalue weighted by molar-refractivity contribution is 6.32. The number of hydrogen-bond acceptors (Lipinski definition) is 5. The second kappa shape index (κ2) is 8.19. The Morgan fingerprint density at radius 3 is 2.58 bits per heavy atom. The lowest BCUT2D eigenvalue weighted by atomic mass is 10.1. The summed E-state index contributed by atoms with van der Waals surface area (Å²) in [5, 5.41) is 2.89. The minimum absolute atomic E-state index is 0.0642. The van der Waals surface area contributed by atoms with Crippen LogP contribution in [-0.4, -0.2) is 22.9 Å². The van der Waals surface area contributed by atoms with Gasteiger partial charge in [-0.05, 0) is 45.9 Å². The van der Waals surface area contributed by atoms with E-state index in [4.69, 9.17) is 21.1 Å². The minimum Gasteiger partial charge on any atom is -0.483 e. The van der Waals surface area contributed by atoms with Crippen molar-refractivity contribution in [2.24, 2.45) is 0 Å². The second-order valence-corrected chi connectivity index (χ2v) is 7.12. The van der Waals surface area contributed by atoms with Gasteiger partial charge in [0.25, 0.3) is 0 Å². The van der Waals surface area contributed by atoms with E-state index < -0.39 is 11.6 Å². The number of halogens is 1. The zero-order valence-corrected chi connectivity index (χ0v) is 15.8. The van der Waals surface area contributed by atoms with Gasteiger partial charge in [0.2, 0.25) is 0 Å². The summed E-state index contributed by atoms with van der Waals surface area (Å²) in [4.78, 5) is 27.5. The standard InChI is InChI=1S/C19H21ClN2O4/c1-12(15-7-5-6-8-21-15)25-17-10-16(13(11-23)9-14(17)20)26-18(24)22-19(2,3)4/h5-12H,1-4H3,(H,22,24)/t12-/m1/s1. The van der Waals surface area contributed by atoms with Gasteiger partial charge < -0.3 is 14.8 Å². The van der Waals surface area contributed by atoms with E-state index in [1.807, 2.05) is 45.9 Å². The van der Waals surface area contributed by atoms with Crippen LogP contribution in [0.4, 0.5) is 4.79 Å². The number of rotatable bonds is 5. The summed E-state index contributed by atoms with van der Waals surface area (Å²) in [6, 6.07) is 8.31. The zero-order chi connectivity index (χ0) is 19.3. The Morgan fingerprint density at radius 2 is 2.00 bits per heavy atom. The highest BCUT2D eigenvalue weighted by Crippen LogP contribution is 2.34. The summed E-state index contributed by atoms with van der Waals surface area (Å²) in [6.45, 7) is 7.28. The van der Waals surface area contributed by atoms with Gasteiger partial charge in [-0.25, -0.2) is 4.79 Å². The number of carbonyl (C=O) groups is 2. The van der Waals surface area contributed by atoms with Crippen molar-refractivity contribution in [3.63, 3.8) is 0 Å². The molecule has 0 unspecified atom stereocenters. The average molecular weight is 377 g/mol. The third-order valence-electron chi connectivity index (χ3n) is 3.28. The van der Waals surface area contributed by atoms with E-state index in [1.54, 1.807) is 6.20 Å². The van der Waals surface area contributed by atoms with Crippen molar-refractivity contribution in [2.75, 3.05) is 0 Å². The largest absolute Gasteiger partial charge is 0.483 e. The number of aldehydes is 1. The zero-order valence-electron chi connectivity index (χ0n) is 15.1. The van der Waals surface area contributed by atoms with E-state index in [2.05, 4.69) is 10.3 Å². The smallest absolute Gasteiger partial charge is 0.413 e. The van der Waals surface area contributed by atoms with Crippen molar-refractivity contribution in [2.45, 2.75) is 39.3 Å². The summed E-state index contributed by atoms with van der Waals surface area (Å²) in [5.74, 6) is 0.350. The second-order valence-electron chi connectivity index (χ2n) is 6.72. The molecule has 6 nitrogen and oxygen atoms in total. The summed E-state index contributed by atoms with van der Waals surface area (Å²) in [7, 11) is 0. The monoisotopic (exact) mass is 376 g/mol. The third-order valence-corrected chi connectivity index (χ3v) is 3.57. The van der Waals surface area contributed by atoms with Crippen molar-refractivity contribution in [1.29, 1.82) is 0 Å². The first kappa shape index (κ1) is 19.7. The minimum atomic E-state index is -0.674. The molecule has 138 valence electrons. The van der Waals surface area contributed by atoms with Gasteiger partial charge in [-0.15, -0.1) is 0 Å². The predicted octanol–water partition coefficient (Wildman–Crippen LogP) is 4.57. The maximum Gasteiger partial charge on any atom is 0.413 e. The highest BCUT2D eigenvalue weighted by atomic mass is 35.5. The number of hydrogen-bond donors (Lipinski definition) is 1. The topological polar surface area (TPSA) is 77.5 Å². The Kier molecular flexibility index (Phi) is 6.21. The van der Waals surface area contributed by atoms with Crippen LogP contribution in [-0.2, 0) is 0 Å². The molecule has 0 bridgehead atoms. The lowest BCUT2D eigenvalue weighted by Crippen LogP contribution is -2.42. The molecule has 0 aliphatic rings. The molecule has 0 saturated carbocycles. The molecule has 0 aliphatic carbocycles. The molecule has 2 rings (SSSR count). The molecule has 0 radical (unpaired) electrons. The average Bonchev–Trinajstić information content (AvgIpc) is 2.56. The predicted molar refractivity (Wildman–Crippen MR) is 99.0 cm³/mol. The van der Waals surface area contributed by atoms with E-state index in [0.717, 1.165) is 5.69 Å². The summed E-state index contributed by atoms with van der Waals surface area (Å²) in [5.41, 5.74) is 0.394. The van der Waals surface area contributed by atoms with E-state index in [0.29, 0.717) is 6.29 Å². The molecule has 0 aliphatic heterocycles. The van der Waals surface area contributed by atoms with E-state index in [9.17, 15) is 9.59 Å². The summed E-state index contributed by atoms with van der Waals surface area (Å²) >= 11 is 6.19. The van der Waals surface area contributed by atoms with E-state index >= 15 is 0 Å². The number of aromatic nitrogens is 1. The number of ether oxygens (including phenoxy) is 2. The molecule has 0 fully saturated rings. The number of benzene rings is 1. The summed E-state index contributed by atoms with van der Waals surface area (Å²) in [6.07, 6.45) is 1.17. The highest BCUT2D eigenvalue weighted by Gasteiger charge is 2.19. The van der Waals surface area contributed by atoms with Crippen molar-refractivity contribution >= 4 is 24.0 Å². The molecule has 1 heterocycles. The Balaban J connectivity index is 2.25. The van der Waals surface area contributed by atoms with Gasteiger partial charge in [-0.3, -0.25) is 9.78 Å². The van der Waals surface area contributed by atoms with Gasteiger partial charge in [-0.1, -0.05) is 17.7 Å². The molecule has 1 N–H and O–H groups in total. The molecule has 7 heteroatoms. The first-order chi connectivity index (χ1) is 12.2. The third kappa shape index (κ3) is 5.46. The van der Waals surface area contributed by atoms with Crippen LogP contribution in [0.2, 0.25) is 5.02 Å². The number of amides is 1. The normalized spacial score (nSPS) is 12.2. The van der Waals surface area contributed by atoms with Crippen LogP contribution in [0, 0.1) is 0 Å². The number of carbonyl (C=O) groups excluding carboxylic acids is 2. The van der Waals surface area contributed by atoms with Crippen molar-refractivity contribution in [3.8, 4) is 11.5 Å². The van der Waals surface area contributed by atoms with Crippen LogP contribution in [0.5, 0.6) is 11.5 Å². The molecular weight excluding hydrogens is 356 g/mol. The first-order valence-electron chi connectivity index (χ1n) is 8.06. The van der Waals surface area contributed by atoms with E-state index in [-0.39, 0.29) is 28.2 Å². The van der Waals surface area contributed by atoms with Gasteiger partial charge in [0.1, 0.15) is 17.6 Å². The van der Waals surface area contributed by atoms with Gasteiger partial charge >= 0.3 is 6.09 Å². The van der Waals surface area contributed by atoms with E-state index in [1.165, 1.54) is 12.1 Å². The Labute approximate surface area is 157 Å². The molecule has 1 aromatic carbocycles. The molecule has 1 amide bonds. The quantitative estimate of drug-likeness (QED) is 0.773. The Hall–Kier alpha value is -2.60. The van der Waals surface area contributed by atoms with Crippen LogP contribution in [0.3, 0.4) is 0 Å². The van der Waals surface area contributed by atoms with Gasteiger partial charge in [0.15, 0.2) is 6.29 Å². The molecule has 0 spiro atoms. The number of nitrogens with zero attached hydrogens (tertiary/aromatic N) is 1. The maximum atomic E-state index is 12.0. The van der Waals surface area contributed by atoms with Gasteiger partial charge in [0.05, 0.1) is 16.3 Å². The fourth-order valence-electron chi connectivity index (χ4n) is 2.12. The van der Waals surface area contributed by atoms with Gasteiger partial charge in [0, 0.05) is 17.8 Å². The lowest BCUT2D eigenvalue weighted by molar-refractivity contribution is 0.112. The molecule has 2 aromatic rings. The Morgan fingerprint density at radius 1 is 1.27 bits per heavy atom. The van der Waals surface area contributed by atoms with Crippen molar-refractivity contribution in [3.05, 3.63) is 52.8 Å². The fourth-order valence-corrected chi connectivity index (χ4v) is 2.34. The van der Waals surface area contributed by atoms with Crippen LogP contribution in [0.25, 0.3) is 0 Å². The molecule has 0 saturated heterocycles. The first-order valence-corrected chi connectivity index (χ1v) is 8.43. The number of pyridine rings is 1. The van der Waals surface area contributed by atoms with Crippen molar-refractivity contribution < 1.29 is 19.1 Å². The van der Waals surface area contributed by atoms with Crippen molar-refractivity contribution in [1.82, 2.24) is 10.3 Å². The molecule has 26 heavy (non-hydrogen) atoms. The maximum absolute atomic E-state index is 12.0. The molecule has 1 atom stereocenters.